The van der Waals surface area contributed by atoms with Gasteiger partial charge < -0.3 is 14.5 Å². The Morgan fingerprint density at radius 3 is 2.76 bits per heavy atom. The van der Waals surface area contributed by atoms with E-state index in [1.807, 2.05) is 38.1 Å². The molecule has 3 aromatic rings. The van der Waals surface area contributed by atoms with Crippen LogP contribution < -0.4 is 4.74 Å². The molecule has 1 aromatic heterocycles. The summed E-state index contributed by atoms with van der Waals surface area (Å²) in [6.45, 7) is 6.24. The van der Waals surface area contributed by atoms with Gasteiger partial charge in [-0.05, 0) is 61.2 Å². The van der Waals surface area contributed by atoms with Gasteiger partial charge in [0.25, 0.3) is 5.91 Å². The third-order valence-electron chi connectivity index (χ3n) is 6.14. The molecule has 1 atom stereocenters. The molecule has 2 amide bonds. The van der Waals surface area contributed by atoms with E-state index in [1.165, 1.54) is 30.4 Å². The van der Waals surface area contributed by atoms with E-state index >= 15 is 0 Å². The van der Waals surface area contributed by atoms with Crippen LogP contribution in [0.15, 0.2) is 47.8 Å². The van der Waals surface area contributed by atoms with E-state index < -0.39 is 0 Å². The van der Waals surface area contributed by atoms with Gasteiger partial charge in [0.2, 0.25) is 5.91 Å². The van der Waals surface area contributed by atoms with Gasteiger partial charge in [-0.25, -0.2) is 9.37 Å². The maximum Gasteiger partial charge on any atom is 0.273 e. The Balaban J connectivity index is 1.56. The maximum atomic E-state index is 14.0. The van der Waals surface area contributed by atoms with Crippen LogP contribution >= 0.6 is 11.3 Å². The van der Waals surface area contributed by atoms with Crippen LogP contribution in [-0.2, 0) is 17.8 Å². The smallest absolute Gasteiger partial charge is 0.273 e. The monoisotopic (exact) mass is 481 g/mol. The molecule has 1 unspecified atom stereocenters. The van der Waals surface area contributed by atoms with Gasteiger partial charge in [-0.2, -0.15) is 0 Å². The van der Waals surface area contributed by atoms with Crippen molar-refractivity contribution < 1.29 is 18.7 Å². The number of benzene rings is 2. The summed E-state index contributed by atoms with van der Waals surface area (Å²) in [5.41, 5.74) is 3.18. The minimum absolute atomic E-state index is 0.0578. The van der Waals surface area contributed by atoms with Crippen LogP contribution in [0.2, 0.25) is 0 Å². The number of amides is 2. The summed E-state index contributed by atoms with van der Waals surface area (Å²) in [7, 11) is 1.76. The summed E-state index contributed by atoms with van der Waals surface area (Å²) >= 11 is 1.38. The molecule has 0 aliphatic carbocycles. The molecule has 0 fully saturated rings. The van der Waals surface area contributed by atoms with E-state index in [4.69, 9.17) is 4.74 Å². The normalized spacial score (nSPS) is 15.2. The van der Waals surface area contributed by atoms with Crippen molar-refractivity contribution in [1.82, 2.24) is 14.8 Å². The van der Waals surface area contributed by atoms with Crippen LogP contribution in [0.5, 0.6) is 5.75 Å². The van der Waals surface area contributed by atoms with Crippen LogP contribution in [0.25, 0.3) is 0 Å². The lowest BCUT2D eigenvalue weighted by molar-refractivity contribution is -0.130. The van der Waals surface area contributed by atoms with Gasteiger partial charge in [-0.15, -0.1) is 11.3 Å². The standard InChI is InChI=1S/C26H28FN3O3S/c1-16(2)29(4)26(32)23-15-34-24(28-23)14-33-21-9-8-18-10-11-30(17(3)31)25(22(18)13-21)19-6-5-7-20(27)12-19/h5-9,12-13,15-16,25H,10-11,14H2,1-4H3. The SMILES string of the molecule is CC(=O)N1CCc2ccc(OCc3nc(C(=O)N(C)C(C)C)cs3)cc2C1c1cccc(F)c1. The molecule has 34 heavy (non-hydrogen) atoms. The van der Waals surface area contributed by atoms with Crippen LogP contribution in [0.4, 0.5) is 4.39 Å². The van der Waals surface area contributed by atoms with Crippen LogP contribution in [0, 0.1) is 5.82 Å². The van der Waals surface area contributed by atoms with E-state index in [-0.39, 0.29) is 36.3 Å². The minimum Gasteiger partial charge on any atom is -0.486 e. The number of carbonyl (C=O) groups is 2. The van der Waals surface area contributed by atoms with E-state index in [2.05, 4.69) is 4.98 Å². The first kappa shape index (κ1) is 23.9. The lowest BCUT2D eigenvalue weighted by atomic mass is 9.88. The molecule has 6 nitrogen and oxygen atoms in total. The highest BCUT2D eigenvalue weighted by Crippen LogP contribution is 2.37. The number of carbonyl (C=O) groups excluding carboxylic acids is 2. The third kappa shape index (κ3) is 4.97. The molecule has 0 spiro atoms. The first-order chi connectivity index (χ1) is 16.2. The van der Waals surface area contributed by atoms with Gasteiger partial charge in [0, 0.05) is 31.9 Å². The summed E-state index contributed by atoms with van der Waals surface area (Å²) in [6, 6.07) is 11.9. The maximum absolute atomic E-state index is 14.0. The lowest BCUT2D eigenvalue weighted by Crippen LogP contribution is -2.39. The van der Waals surface area contributed by atoms with Gasteiger partial charge in [0.05, 0.1) is 6.04 Å². The highest BCUT2D eigenvalue weighted by Gasteiger charge is 2.31. The fourth-order valence-corrected chi connectivity index (χ4v) is 4.77. The molecule has 1 aliphatic heterocycles. The van der Waals surface area contributed by atoms with Gasteiger partial charge >= 0.3 is 0 Å². The topological polar surface area (TPSA) is 62.7 Å². The van der Waals surface area contributed by atoms with Gasteiger partial charge in [-0.1, -0.05) is 18.2 Å². The summed E-state index contributed by atoms with van der Waals surface area (Å²) < 4.78 is 20.0. The molecule has 8 heteroatoms. The van der Waals surface area contributed by atoms with Crippen molar-refractivity contribution >= 4 is 23.2 Å². The number of rotatable bonds is 6. The van der Waals surface area contributed by atoms with E-state index in [0.717, 1.165) is 23.1 Å². The van der Waals surface area contributed by atoms with Crippen molar-refractivity contribution in [3.63, 3.8) is 0 Å². The van der Waals surface area contributed by atoms with Crippen molar-refractivity contribution in [2.24, 2.45) is 0 Å². The van der Waals surface area contributed by atoms with Crippen LogP contribution in [0.1, 0.15) is 59.0 Å². The van der Waals surface area contributed by atoms with Crippen molar-refractivity contribution in [2.45, 2.75) is 45.9 Å². The molecule has 2 aromatic carbocycles. The first-order valence-corrected chi connectivity index (χ1v) is 12.1. The Labute approximate surface area is 203 Å². The Morgan fingerprint density at radius 2 is 2.06 bits per heavy atom. The Morgan fingerprint density at radius 1 is 1.26 bits per heavy atom. The molecule has 0 saturated carbocycles. The molecule has 4 rings (SSSR count). The predicted molar refractivity (Wildman–Crippen MR) is 129 cm³/mol. The number of nitrogens with zero attached hydrogens (tertiary/aromatic N) is 3. The number of fused-ring (bicyclic) bond motifs is 1. The summed E-state index contributed by atoms with van der Waals surface area (Å²) in [5.74, 6) is 0.122. The quantitative estimate of drug-likeness (QED) is 0.506. The zero-order valence-corrected chi connectivity index (χ0v) is 20.6. The van der Waals surface area contributed by atoms with Crippen molar-refractivity contribution in [3.05, 3.63) is 81.1 Å². The Hall–Kier alpha value is -3.26. The fourth-order valence-electron chi connectivity index (χ4n) is 4.09. The summed E-state index contributed by atoms with van der Waals surface area (Å²) in [5, 5.41) is 2.45. The average Bonchev–Trinajstić information content (AvgIpc) is 3.29. The molecule has 0 radical (unpaired) electrons. The lowest BCUT2D eigenvalue weighted by Gasteiger charge is -2.37. The van der Waals surface area contributed by atoms with Crippen molar-refractivity contribution in [2.75, 3.05) is 13.6 Å². The van der Waals surface area contributed by atoms with Gasteiger partial charge in [0.15, 0.2) is 0 Å². The van der Waals surface area contributed by atoms with Gasteiger partial charge in [-0.3, -0.25) is 9.59 Å². The number of aromatic nitrogens is 1. The van der Waals surface area contributed by atoms with Crippen LogP contribution in [-0.4, -0.2) is 46.2 Å². The molecule has 0 N–H and O–H groups in total. The largest absolute Gasteiger partial charge is 0.486 e. The molecule has 1 aliphatic rings. The average molecular weight is 482 g/mol. The molecule has 178 valence electrons. The molecule has 2 heterocycles. The van der Waals surface area contributed by atoms with Crippen LogP contribution in [0.3, 0.4) is 0 Å². The van der Waals surface area contributed by atoms with E-state index in [9.17, 15) is 14.0 Å². The number of thiazole rings is 1. The number of ether oxygens (including phenoxy) is 1. The molecular weight excluding hydrogens is 453 g/mol. The zero-order chi connectivity index (χ0) is 24.4. The van der Waals surface area contributed by atoms with Crippen molar-refractivity contribution in [1.29, 1.82) is 0 Å². The predicted octanol–water partition coefficient (Wildman–Crippen LogP) is 4.84. The second kappa shape index (κ2) is 9.93. The van der Waals surface area contributed by atoms with Crippen molar-refractivity contribution in [3.8, 4) is 5.75 Å². The summed E-state index contributed by atoms with van der Waals surface area (Å²) in [6.07, 6.45) is 0.725. The second-order valence-electron chi connectivity index (χ2n) is 8.71. The second-order valence-corrected chi connectivity index (χ2v) is 9.65. The third-order valence-corrected chi connectivity index (χ3v) is 6.96. The Bertz CT molecular complexity index is 1210. The zero-order valence-electron chi connectivity index (χ0n) is 19.7. The highest BCUT2D eigenvalue weighted by atomic mass is 32.1. The Kier molecular flexibility index (Phi) is 6.97. The number of halogens is 1. The molecule has 0 saturated heterocycles. The fraction of sp³-hybridized carbons (Fsp3) is 0.346. The number of hydrogen-bond donors (Lipinski definition) is 0. The highest BCUT2D eigenvalue weighted by molar-refractivity contribution is 7.09. The summed E-state index contributed by atoms with van der Waals surface area (Å²) in [4.78, 5) is 32.7. The number of hydrogen-bond acceptors (Lipinski definition) is 5. The molecule has 0 bridgehead atoms. The van der Waals surface area contributed by atoms with Gasteiger partial charge in [0.1, 0.15) is 28.9 Å². The minimum atomic E-state index is -0.379. The first-order valence-electron chi connectivity index (χ1n) is 11.2. The van der Waals surface area contributed by atoms with E-state index in [0.29, 0.717) is 23.0 Å². The molecular formula is C26H28FN3O3S. The van der Waals surface area contributed by atoms with E-state index in [1.54, 1.807) is 28.3 Å².